The van der Waals surface area contributed by atoms with Crippen molar-refractivity contribution in [2.24, 2.45) is 7.05 Å². The second-order valence-corrected chi connectivity index (χ2v) is 5.79. The Kier molecular flexibility index (Phi) is 2.86. The number of fused-ring (bicyclic) bond motifs is 3. The molecule has 5 nitrogen and oxygen atoms in total. The van der Waals surface area contributed by atoms with E-state index in [2.05, 4.69) is 46.9 Å². The van der Waals surface area contributed by atoms with Crippen LogP contribution < -0.4 is 0 Å². The minimum atomic E-state index is -0.856. The summed E-state index contributed by atoms with van der Waals surface area (Å²) < 4.78 is 4.53. The monoisotopic (exact) mass is 335 g/mol. The van der Waals surface area contributed by atoms with Crippen molar-refractivity contribution in [3.8, 4) is 0 Å². The van der Waals surface area contributed by atoms with Crippen LogP contribution in [-0.2, 0) is 18.3 Å². The quantitative estimate of drug-likeness (QED) is 0.783. The number of rotatable bonds is 2. The lowest BCUT2D eigenvalue weighted by atomic mass is 10.1. The summed E-state index contributed by atoms with van der Waals surface area (Å²) >= 11 is 3.51. The molecule has 0 bridgehead atoms. The van der Waals surface area contributed by atoms with Crippen molar-refractivity contribution in [1.29, 1.82) is 0 Å². The minimum Gasteiger partial charge on any atom is -0.481 e. The molecule has 1 N–H and O–H groups in total. The van der Waals surface area contributed by atoms with Crippen LogP contribution in [0.3, 0.4) is 0 Å². The van der Waals surface area contributed by atoms with E-state index in [1.807, 2.05) is 16.0 Å². The van der Waals surface area contributed by atoms with Gasteiger partial charge in [-0.05, 0) is 53.0 Å². The predicted octanol–water partition coefficient (Wildman–Crippen LogP) is 2.83. The first-order chi connectivity index (χ1) is 9.40. The van der Waals surface area contributed by atoms with Crippen molar-refractivity contribution in [1.82, 2.24) is 14.0 Å². The lowest BCUT2D eigenvalue weighted by Crippen LogP contribution is -2.05. The zero-order valence-corrected chi connectivity index (χ0v) is 13.0. The summed E-state index contributed by atoms with van der Waals surface area (Å²) in [6, 6.07) is 4.14. The van der Waals surface area contributed by atoms with E-state index in [0.29, 0.717) is 5.69 Å². The molecule has 0 radical (unpaired) electrons. The Balaban J connectivity index is 2.40. The highest BCUT2D eigenvalue weighted by molar-refractivity contribution is 9.10. The van der Waals surface area contributed by atoms with Crippen LogP contribution in [0.25, 0.3) is 16.8 Å². The van der Waals surface area contributed by atoms with E-state index in [4.69, 9.17) is 5.11 Å². The third-order valence-electron chi connectivity index (χ3n) is 3.71. The van der Waals surface area contributed by atoms with Gasteiger partial charge in [0.25, 0.3) is 0 Å². The number of aryl methyl sites for hydroxylation is 3. The fourth-order valence-electron chi connectivity index (χ4n) is 2.46. The number of aromatic nitrogens is 3. The highest BCUT2D eigenvalue weighted by Gasteiger charge is 2.19. The topological polar surface area (TPSA) is 59.5 Å². The van der Waals surface area contributed by atoms with Gasteiger partial charge >= 0.3 is 5.97 Å². The number of benzene rings is 1. The summed E-state index contributed by atoms with van der Waals surface area (Å²) in [6.45, 7) is 4.12. The second-order valence-electron chi connectivity index (χ2n) is 5.04. The van der Waals surface area contributed by atoms with E-state index >= 15 is 0 Å². The van der Waals surface area contributed by atoms with E-state index in [1.165, 1.54) is 11.1 Å². The number of aliphatic carboxylic acids is 1. The number of halogens is 1. The Morgan fingerprint density at radius 1 is 1.35 bits per heavy atom. The van der Waals surface area contributed by atoms with Gasteiger partial charge in [-0.3, -0.25) is 9.20 Å². The fourth-order valence-corrected chi connectivity index (χ4v) is 3.22. The molecule has 0 unspecified atom stereocenters. The summed E-state index contributed by atoms with van der Waals surface area (Å²) in [5.41, 5.74) is 5.00. The standard InChI is InChI=1S/C14H14BrN3O2/c1-7-4-9-10(5-8(7)2)18-13(15)11(6-12(19)20)17(3)14(18)16-9/h4-5H,6H2,1-3H3,(H,19,20). The number of hydrogen-bond donors (Lipinski definition) is 1. The first kappa shape index (κ1) is 13.2. The summed E-state index contributed by atoms with van der Waals surface area (Å²) in [5, 5.41) is 9.01. The fraction of sp³-hybridized carbons (Fsp3) is 0.286. The molecule has 20 heavy (non-hydrogen) atoms. The molecule has 3 rings (SSSR count). The average Bonchev–Trinajstić information content (AvgIpc) is 2.82. The summed E-state index contributed by atoms with van der Waals surface area (Å²) in [4.78, 5) is 15.6. The molecule has 0 saturated heterocycles. The Bertz CT molecular complexity index is 861. The maximum absolute atomic E-state index is 11.0. The molecule has 0 atom stereocenters. The molecule has 0 aliphatic carbocycles. The molecule has 104 valence electrons. The van der Waals surface area contributed by atoms with Gasteiger partial charge in [0.15, 0.2) is 0 Å². The number of hydrogen-bond acceptors (Lipinski definition) is 2. The molecule has 0 spiro atoms. The van der Waals surface area contributed by atoms with Gasteiger partial charge in [0, 0.05) is 7.05 Å². The number of carboxylic acids is 1. The Labute approximate surface area is 124 Å². The van der Waals surface area contributed by atoms with Crippen LogP contribution in [-0.4, -0.2) is 25.0 Å². The molecular weight excluding hydrogens is 322 g/mol. The van der Waals surface area contributed by atoms with Crippen LogP contribution in [0.15, 0.2) is 16.7 Å². The van der Waals surface area contributed by atoms with Crippen molar-refractivity contribution in [2.75, 3.05) is 0 Å². The Hall–Kier alpha value is -1.82. The SMILES string of the molecule is Cc1cc2nc3n(C)c(CC(=O)O)c(Br)n3c2cc1C. The molecule has 0 aliphatic heterocycles. The maximum Gasteiger partial charge on any atom is 0.309 e. The molecule has 6 heteroatoms. The largest absolute Gasteiger partial charge is 0.481 e. The van der Waals surface area contributed by atoms with Crippen molar-refractivity contribution < 1.29 is 9.90 Å². The molecule has 1 aromatic carbocycles. The van der Waals surface area contributed by atoms with Gasteiger partial charge in [-0.2, -0.15) is 0 Å². The average molecular weight is 336 g/mol. The van der Waals surface area contributed by atoms with Crippen LogP contribution in [0.1, 0.15) is 16.8 Å². The molecule has 0 aliphatic rings. The van der Waals surface area contributed by atoms with Crippen LogP contribution in [0.4, 0.5) is 0 Å². The van der Waals surface area contributed by atoms with E-state index < -0.39 is 5.97 Å². The van der Waals surface area contributed by atoms with Crippen molar-refractivity contribution in [2.45, 2.75) is 20.3 Å². The summed E-state index contributed by atoms with van der Waals surface area (Å²) in [6.07, 6.45) is -0.0349. The van der Waals surface area contributed by atoms with E-state index in [-0.39, 0.29) is 6.42 Å². The summed E-state index contributed by atoms with van der Waals surface area (Å²) in [7, 11) is 1.84. The number of nitrogens with zero attached hydrogens (tertiary/aromatic N) is 3. The molecule has 0 amide bonds. The van der Waals surface area contributed by atoms with Crippen molar-refractivity contribution >= 4 is 38.7 Å². The lowest BCUT2D eigenvalue weighted by Gasteiger charge is -2.01. The van der Waals surface area contributed by atoms with Crippen LogP contribution in [0, 0.1) is 13.8 Å². The zero-order chi connectivity index (χ0) is 14.6. The van der Waals surface area contributed by atoms with E-state index in [1.54, 1.807) is 0 Å². The van der Waals surface area contributed by atoms with Crippen molar-refractivity contribution in [3.05, 3.63) is 33.6 Å². The van der Waals surface area contributed by atoms with Gasteiger partial charge in [0.2, 0.25) is 5.78 Å². The molecule has 0 saturated carbocycles. The van der Waals surface area contributed by atoms with Gasteiger partial charge < -0.3 is 9.67 Å². The normalized spacial score (nSPS) is 11.6. The van der Waals surface area contributed by atoms with Gasteiger partial charge in [0.1, 0.15) is 4.60 Å². The Morgan fingerprint density at radius 3 is 2.65 bits per heavy atom. The highest BCUT2D eigenvalue weighted by Crippen LogP contribution is 2.28. The van der Waals surface area contributed by atoms with Gasteiger partial charge in [-0.15, -0.1) is 0 Å². The highest BCUT2D eigenvalue weighted by atomic mass is 79.9. The lowest BCUT2D eigenvalue weighted by molar-refractivity contribution is -0.136. The number of carbonyl (C=O) groups is 1. The van der Waals surface area contributed by atoms with Crippen LogP contribution in [0.5, 0.6) is 0 Å². The minimum absolute atomic E-state index is 0.0349. The first-order valence-electron chi connectivity index (χ1n) is 6.24. The third-order valence-corrected chi connectivity index (χ3v) is 4.52. The number of carboxylic acid groups (broad SMARTS) is 1. The molecular formula is C14H14BrN3O2. The maximum atomic E-state index is 11.0. The smallest absolute Gasteiger partial charge is 0.309 e. The molecule has 0 fully saturated rings. The van der Waals surface area contributed by atoms with E-state index in [9.17, 15) is 4.79 Å². The van der Waals surface area contributed by atoms with Gasteiger partial charge in [-0.1, -0.05) is 0 Å². The number of imidazole rings is 2. The van der Waals surface area contributed by atoms with Gasteiger partial charge in [0.05, 0.1) is 23.1 Å². The van der Waals surface area contributed by atoms with E-state index in [0.717, 1.165) is 21.4 Å². The second kappa shape index (κ2) is 4.34. The molecule has 2 aromatic heterocycles. The van der Waals surface area contributed by atoms with Crippen molar-refractivity contribution in [3.63, 3.8) is 0 Å². The predicted molar refractivity (Wildman–Crippen MR) is 80.2 cm³/mol. The van der Waals surface area contributed by atoms with Gasteiger partial charge in [-0.25, -0.2) is 4.98 Å². The molecule has 2 heterocycles. The Morgan fingerprint density at radius 2 is 2.00 bits per heavy atom. The molecule has 3 aromatic rings. The zero-order valence-electron chi connectivity index (χ0n) is 11.4. The van der Waals surface area contributed by atoms with Crippen LogP contribution in [0.2, 0.25) is 0 Å². The first-order valence-corrected chi connectivity index (χ1v) is 7.03. The third kappa shape index (κ3) is 1.75. The van der Waals surface area contributed by atoms with Crippen LogP contribution >= 0.6 is 15.9 Å². The summed E-state index contributed by atoms with van der Waals surface area (Å²) in [5.74, 6) is -0.112.